The van der Waals surface area contributed by atoms with E-state index in [1.807, 2.05) is 0 Å². The van der Waals surface area contributed by atoms with Crippen LogP contribution in [-0.4, -0.2) is 24.0 Å². The monoisotopic (exact) mass is 167 g/mol. The minimum atomic E-state index is 0.684. The van der Waals surface area contributed by atoms with E-state index in [0.717, 1.165) is 17.9 Å². The molecule has 0 spiro atoms. The van der Waals surface area contributed by atoms with Crippen LogP contribution in [0.3, 0.4) is 0 Å². The molecule has 0 unspecified atom stereocenters. The first-order valence-electron chi connectivity index (χ1n) is 5.27. The molecule has 1 aliphatic carbocycles. The summed E-state index contributed by atoms with van der Waals surface area (Å²) in [6.07, 6.45) is 1.46. The van der Waals surface area contributed by atoms with E-state index in [1.54, 1.807) is 0 Å². The second-order valence-electron chi connectivity index (χ2n) is 5.47. The fraction of sp³-hybridized carbons (Fsp3) is 1.00. The maximum absolute atomic E-state index is 2.65. The molecule has 2 fully saturated rings. The molecule has 1 aliphatic heterocycles. The highest BCUT2D eigenvalue weighted by molar-refractivity contribution is 5.04. The number of likely N-dealkylation sites (tertiary alicyclic amines) is 1. The molecule has 12 heavy (non-hydrogen) atoms. The van der Waals surface area contributed by atoms with Crippen molar-refractivity contribution >= 4 is 0 Å². The molecule has 0 N–H and O–H groups in total. The van der Waals surface area contributed by atoms with E-state index >= 15 is 0 Å². The number of hydrogen-bond acceptors (Lipinski definition) is 1. The third kappa shape index (κ3) is 1.02. The van der Waals surface area contributed by atoms with Crippen LogP contribution in [0, 0.1) is 17.3 Å². The molecule has 0 radical (unpaired) electrons. The van der Waals surface area contributed by atoms with Gasteiger partial charge in [0.05, 0.1) is 0 Å². The third-order valence-corrected chi connectivity index (χ3v) is 4.10. The van der Waals surface area contributed by atoms with Gasteiger partial charge >= 0.3 is 0 Å². The summed E-state index contributed by atoms with van der Waals surface area (Å²) in [4.78, 5) is 2.65. The van der Waals surface area contributed by atoms with Crippen molar-refractivity contribution in [1.29, 1.82) is 0 Å². The quantitative estimate of drug-likeness (QED) is 0.579. The molecule has 3 atom stereocenters. The van der Waals surface area contributed by atoms with Crippen molar-refractivity contribution in [2.24, 2.45) is 17.3 Å². The topological polar surface area (TPSA) is 3.24 Å². The van der Waals surface area contributed by atoms with Gasteiger partial charge in [0.1, 0.15) is 0 Å². The Bertz CT molecular complexity index is 187. The largest absolute Gasteiger partial charge is 0.300 e. The minimum absolute atomic E-state index is 0.684. The van der Waals surface area contributed by atoms with Crippen molar-refractivity contribution in [3.63, 3.8) is 0 Å². The first-order chi connectivity index (χ1) is 5.53. The molecule has 1 saturated heterocycles. The van der Waals surface area contributed by atoms with Crippen LogP contribution >= 0.6 is 0 Å². The van der Waals surface area contributed by atoms with Gasteiger partial charge in [-0.3, -0.25) is 0 Å². The van der Waals surface area contributed by atoms with E-state index in [0.29, 0.717) is 5.41 Å². The molecular weight excluding hydrogens is 146 g/mol. The molecule has 1 heterocycles. The predicted octanol–water partition coefficient (Wildman–Crippen LogP) is 2.37. The minimum Gasteiger partial charge on any atom is -0.300 e. The smallest absolute Gasteiger partial charge is 0.00415 e. The first kappa shape index (κ1) is 8.55. The Morgan fingerprint density at radius 3 is 2.50 bits per heavy atom. The van der Waals surface area contributed by atoms with Crippen LogP contribution < -0.4 is 0 Å². The van der Waals surface area contributed by atoms with Gasteiger partial charge in [-0.1, -0.05) is 13.8 Å². The second-order valence-corrected chi connectivity index (χ2v) is 5.47. The van der Waals surface area contributed by atoms with Crippen molar-refractivity contribution in [2.45, 2.75) is 40.2 Å². The lowest BCUT2D eigenvalue weighted by Gasteiger charge is -2.47. The number of fused-ring (bicyclic) bond motifs is 1. The zero-order valence-electron chi connectivity index (χ0n) is 8.80. The standard InChI is InChI=1S/C11H21N/c1-8(2)12-6-10-9(3)5-11(10,4)7-12/h8-10H,5-7H2,1-4H3/t9-,10-,11-/m0/s1. The third-order valence-electron chi connectivity index (χ3n) is 4.10. The van der Waals surface area contributed by atoms with Crippen LogP contribution in [0.15, 0.2) is 0 Å². The summed E-state index contributed by atoms with van der Waals surface area (Å²) in [5.41, 5.74) is 0.684. The summed E-state index contributed by atoms with van der Waals surface area (Å²) in [5.74, 6) is 1.98. The zero-order chi connectivity index (χ0) is 8.93. The normalized spacial score (nSPS) is 47.8. The van der Waals surface area contributed by atoms with Crippen LogP contribution in [0.5, 0.6) is 0 Å². The Balaban J connectivity index is 2.04. The van der Waals surface area contributed by atoms with Crippen molar-refractivity contribution in [3.05, 3.63) is 0 Å². The van der Waals surface area contributed by atoms with Gasteiger partial charge < -0.3 is 4.90 Å². The van der Waals surface area contributed by atoms with Gasteiger partial charge in [0.25, 0.3) is 0 Å². The van der Waals surface area contributed by atoms with E-state index in [4.69, 9.17) is 0 Å². The number of nitrogens with zero attached hydrogens (tertiary/aromatic N) is 1. The Hall–Kier alpha value is -0.0400. The van der Waals surface area contributed by atoms with Crippen LogP contribution in [0.2, 0.25) is 0 Å². The fourth-order valence-electron chi connectivity index (χ4n) is 3.31. The van der Waals surface area contributed by atoms with Gasteiger partial charge in [0.15, 0.2) is 0 Å². The molecule has 0 amide bonds. The zero-order valence-corrected chi connectivity index (χ0v) is 8.80. The van der Waals surface area contributed by atoms with Gasteiger partial charge in [-0.15, -0.1) is 0 Å². The maximum Gasteiger partial charge on any atom is 0.00415 e. The Labute approximate surface area is 76.1 Å². The van der Waals surface area contributed by atoms with Crippen LogP contribution in [0.4, 0.5) is 0 Å². The molecule has 1 nitrogen and oxygen atoms in total. The maximum atomic E-state index is 2.65. The van der Waals surface area contributed by atoms with Crippen molar-refractivity contribution in [1.82, 2.24) is 4.90 Å². The summed E-state index contributed by atoms with van der Waals surface area (Å²) in [5, 5.41) is 0. The number of hydrogen-bond donors (Lipinski definition) is 0. The first-order valence-corrected chi connectivity index (χ1v) is 5.27. The van der Waals surface area contributed by atoms with E-state index < -0.39 is 0 Å². The van der Waals surface area contributed by atoms with Gasteiger partial charge in [0.2, 0.25) is 0 Å². The lowest BCUT2D eigenvalue weighted by atomic mass is 9.57. The summed E-state index contributed by atoms with van der Waals surface area (Å²) < 4.78 is 0. The molecule has 0 aromatic heterocycles. The Morgan fingerprint density at radius 2 is 2.08 bits per heavy atom. The fourth-order valence-corrected chi connectivity index (χ4v) is 3.31. The van der Waals surface area contributed by atoms with Gasteiger partial charge in [0, 0.05) is 19.1 Å². The summed E-state index contributed by atoms with van der Waals surface area (Å²) in [7, 11) is 0. The SMILES string of the molecule is CC(C)N1C[C@H]2[C@@H](C)C[C@@]2(C)C1. The van der Waals surface area contributed by atoms with Gasteiger partial charge in [-0.05, 0) is 37.5 Å². The molecule has 1 saturated carbocycles. The summed E-state index contributed by atoms with van der Waals surface area (Å²) >= 11 is 0. The molecule has 0 aromatic carbocycles. The summed E-state index contributed by atoms with van der Waals surface area (Å²) in [6.45, 7) is 12.2. The highest BCUT2D eigenvalue weighted by Gasteiger charge is 2.53. The molecule has 0 aromatic rings. The lowest BCUT2D eigenvalue weighted by Crippen LogP contribution is -2.43. The molecular formula is C11H21N. The van der Waals surface area contributed by atoms with Crippen LogP contribution in [0.1, 0.15) is 34.1 Å². The Kier molecular flexibility index (Phi) is 1.76. The van der Waals surface area contributed by atoms with Crippen molar-refractivity contribution < 1.29 is 0 Å². The van der Waals surface area contributed by atoms with Gasteiger partial charge in [-0.25, -0.2) is 0 Å². The van der Waals surface area contributed by atoms with Crippen molar-refractivity contribution in [2.75, 3.05) is 13.1 Å². The molecule has 0 bridgehead atoms. The second kappa shape index (κ2) is 2.47. The van der Waals surface area contributed by atoms with Crippen LogP contribution in [0.25, 0.3) is 0 Å². The molecule has 2 rings (SSSR count). The van der Waals surface area contributed by atoms with E-state index in [2.05, 4.69) is 32.6 Å². The van der Waals surface area contributed by atoms with Gasteiger partial charge in [-0.2, -0.15) is 0 Å². The predicted molar refractivity (Wildman–Crippen MR) is 52.1 cm³/mol. The molecule has 70 valence electrons. The lowest BCUT2D eigenvalue weighted by molar-refractivity contribution is 0.0330. The van der Waals surface area contributed by atoms with E-state index in [-0.39, 0.29) is 0 Å². The average molecular weight is 167 g/mol. The number of rotatable bonds is 1. The van der Waals surface area contributed by atoms with Crippen molar-refractivity contribution in [3.8, 4) is 0 Å². The average Bonchev–Trinajstić information content (AvgIpc) is 2.22. The highest BCUT2D eigenvalue weighted by atomic mass is 15.2. The highest BCUT2D eigenvalue weighted by Crippen LogP contribution is 2.55. The van der Waals surface area contributed by atoms with Crippen LogP contribution in [-0.2, 0) is 0 Å². The van der Waals surface area contributed by atoms with E-state index in [1.165, 1.54) is 19.5 Å². The summed E-state index contributed by atoms with van der Waals surface area (Å²) in [6, 6.07) is 0.750. The molecule has 2 aliphatic rings. The molecule has 1 heteroatoms. The Morgan fingerprint density at radius 1 is 1.42 bits per heavy atom. The van der Waals surface area contributed by atoms with E-state index in [9.17, 15) is 0 Å².